The molecule has 1 aliphatic rings. The van der Waals surface area contributed by atoms with Crippen molar-refractivity contribution < 1.29 is 4.79 Å². The molecule has 120 valence electrons. The van der Waals surface area contributed by atoms with Crippen LogP contribution in [0, 0.1) is 0 Å². The van der Waals surface area contributed by atoms with Crippen molar-refractivity contribution in [1.82, 2.24) is 14.8 Å². The summed E-state index contributed by atoms with van der Waals surface area (Å²) in [6.07, 6.45) is 5.52. The summed E-state index contributed by atoms with van der Waals surface area (Å²) < 4.78 is 0. The highest BCUT2D eigenvalue weighted by atomic mass is 35.5. The number of pyridine rings is 1. The van der Waals surface area contributed by atoms with Gasteiger partial charge in [-0.15, -0.1) is 24.8 Å². The Morgan fingerprint density at radius 2 is 2.24 bits per heavy atom. The van der Waals surface area contributed by atoms with E-state index in [2.05, 4.69) is 16.8 Å². The molecule has 1 amide bonds. The lowest BCUT2D eigenvalue weighted by atomic mass is 10.1. The van der Waals surface area contributed by atoms with Crippen molar-refractivity contribution in [2.45, 2.75) is 25.8 Å². The Morgan fingerprint density at radius 1 is 1.52 bits per heavy atom. The van der Waals surface area contributed by atoms with Crippen LogP contribution in [0.4, 0.5) is 5.69 Å². The fourth-order valence-corrected chi connectivity index (χ4v) is 2.71. The molecule has 2 N–H and O–H groups in total. The average Bonchev–Trinajstić information content (AvgIpc) is 2.85. The van der Waals surface area contributed by atoms with E-state index in [0.717, 1.165) is 26.1 Å². The predicted octanol–water partition coefficient (Wildman–Crippen LogP) is 2.06. The van der Waals surface area contributed by atoms with E-state index in [-0.39, 0.29) is 30.7 Å². The van der Waals surface area contributed by atoms with Crippen LogP contribution in [0.15, 0.2) is 18.5 Å². The Balaban J connectivity index is 0.00000200. The molecule has 1 aromatic heterocycles. The molecule has 1 saturated heterocycles. The van der Waals surface area contributed by atoms with Crippen LogP contribution >= 0.6 is 24.8 Å². The third-order valence-electron chi connectivity index (χ3n) is 3.82. The van der Waals surface area contributed by atoms with Crippen molar-refractivity contribution in [2.24, 2.45) is 0 Å². The number of halogens is 2. The maximum absolute atomic E-state index is 12.3. The molecule has 1 atom stereocenters. The van der Waals surface area contributed by atoms with Gasteiger partial charge in [0.15, 0.2) is 0 Å². The number of nitrogens with two attached hydrogens (primary N) is 1. The molecule has 1 fully saturated rings. The molecule has 0 saturated carbocycles. The van der Waals surface area contributed by atoms with Gasteiger partial charge in [-0.2, -0.15) is 0 Å². The van der Waals surface area contributed by atoms with Crippen molar-refractivity contribution in [3.05, 3.63) is 24.0 Å². The standard InChI is InChI=1S/C14H22N4O.2ClH/c1-3-18-8-4-5-11(18)10-17(2)14(19)12-9-16-7-6-13(12)15;;/h6-7,9,11H,3-5,8,10H2,1-2H3,(H2,15,16);2*1H. The zero-order chi connectivity index (χ0) is 13.8. The first-order chi connectivity index (χ1) is 9.13. The highest BCUT2D eigenvalue weighted by Gasteiger charge is 2.26. The summed E-state index contributed by atoms with van der Waals surface area (Å²) in [6, 6.07) is 2.13. The fraction of sp³-hybridized carbons (Fsp3) is 0.571. The molecule has 21 heavy (non-hydrogen) atoms. The summed E-state index contributed by atoms with van der Waals surface area (Å²) in [5.41, 5.74) is 6.81. The van der Waals surface area contributed by atoms with E-state index in [0.29, 0.717) is 17.3 Å². The molecule has 0 radical (unpaired) electrons. The van der Waals surface area contributed by atoms with E-state index in [4.69, 9.17) is 5.73 Å². The second-order valence-corrected chi connectivity index (χ2v) is 5.07. The number of rotatable bonds is 4. The number of hydrogen-bond acceptors (Lipinski definition) is 4. The van der Waals surface area contributed by atoms with Crippen LogP contribution in [0.25, 0.3) is 0 Å². The van der Waals surface area contributed by atoms with E-state index < -0.39 is 0 Å². The molecule has 0 aliphatic carbocycles. The van der Waals surface area contributed by atoms with Crippen LogP contribution in [0.2, 0.25) is 0 Å². The van der Waals surface area contributed by atoms with Gasteiger partial charge < -0.3 is 10.6 Å². The first-order valence-corrected chi connectivity index (χ1v) is 6.82. The van der Waals surface area contributed by atoms with Crippen molar-refractivity contribution in [3.63, 3.8) is 0 Å². The van der Waals surface area contributed by atoms with E-state index in [1.165, 1.54) is 6.42 Å². The van der Waals surface area contributed by atoms with Crippen LogP contribution in [0.3, 0.4) is 0 Å². The zero-order valence-corrected chi connectivity index (χ0v) is 14.1. The second kappa shape index (κ2) is 9.07. The van der Waals surface area contributed by atoms with Gasteiger partial charge in [-0.3, -0.25) is 14.7 Å². The van der Waals surface area contributed by atoms with Crippen molar-refractivity contribution in [1.29, 1.82) is 0 Å². The molecule has 1 unspecified atom stereocenters. The van der Waals surface area contributed by atoms with Crippen LogP contribution in [-0.2, 0) is 0 Å². The van der Waals surface area contributed by atoms with Gasteiger partial charge in [-0.05, 0) is 32.0 Å². The molecule has 0 spiro atoms. The number of carbonyl (C=O) groups excluding carboxylic acids is 1. The Hall–Kier alpha value is -1.04. The molecular formula is C14H24Cl2N4O. The Bertz CT molecular complexity index is 458. The highest BCUT2D eigenvalue weighted by molar-refractivity contribution is 5.98. The van der Waals surface area contributed by atoms with Gasteiger partial charge in [0.05, 0.1) is 5.56 Å². The van der Waals surface area contributed by atoms with Crippen LogP contribution < -0.4 is 5.73 Å². The summed E-state index contributed by atoms with van der Waals surface area (Å²) in [4.78, 5) is 20.5. The van der Waals surface area contributed by atoms with E-state index >= 15 is 0 Å². The number of hydrogen-bond donors (Lipinski definition) is 1. The fourth-order valence-electron chi connectivity index (χ4n) is 2.71. The van der Waals surface area contributed by atoms with Crippen molar-refractivity contribution in [3.8, 4) is 0 Å². The topological polar surface area (TPSA) is 62.5 Å². The van der Waals surface area contributed by atoms with Gasteiger partial charge in [-0.25, -0.2) is 0 Å². The minimum absolute atomic E-state index is 0. The minimum atomic E-state index is -0.0476. The molecule has 2 heterocycles. The summed E-state index contributed by atoms with van der Waals surface area (Å²) in [5, 5.41) is 0. The minimum Gasteiger partial charge on any atom is -0.398 e. The third kappa shape index (κ3) is 4.73. The third-order valence-corrected chi connectivity index (χ3v) is 3.82. The average molecular weight is 335 g/mol. The Labute approximate surface area is 138 Å². The van der Waals surface area contributed by atoms with E-state index in [1.54, 1.807) is 23.4 Å². The molecule has 0 bridgehead atoms. The maximum atomic E-state index is 12.3. The van der Waals surface area contributed by atoms with Gasteiger partial charge in [0.1, 0.15) is 0 Å². The van der Waals surface area contributed by atoms with Gasteiger partial charge >= 0.3 is 0 Å². The van der Waals surface area contributed by atoms with Crippen LogP contribution in [-0.4, -0.2) is 53.4 Å². The summed E-state index contributed by atoms with van der Waals surface area (Å²) in [5.74, 6) is -0.0476. The largest absolute Gasteiger partial charge is 0.398 e. The van der Waals surface area contributed by atoms with Crippen LogP contribution in [0.5, 0.6) is 0 Å². The molecule has 1 aromatic rings. The molecule has 5 nitrogen and oxygen atoms in total. The summed E-state index contributed by atoms with van der Waals surface area (Å²) >= 11 is 0. The Morgan fingerprint density at radius 3 is 2.86 bits per heavy atom. The monoisotopic (exact) mass is 334 g/mol. The number of likely N-dealkylation sites (N-methyl/N-ethyl adjacent to an activating group) is 2. The number of nitrogen functional groups attached to an aromatic ring is 1. The number of amides is 1. The lowest BCUT2D eigenvalue weighted by Gasteiger charge is -2.28. The lowest BCUT2D eigenvalue weighted by Crippen LogP contribution is -2.41. The number of anilines is 1. The molecule has 2 rings (SSSR count). The number of likely N-dealkylation sites (tertiary alicyclic amines) is 1. The van der Waals surface area contributed by atoms with Crippen molar-refractivity contribution in [2.75, 3.05) is 32.4 Å². The first kappa shape index (κ1) is 20.0. The predicted molar refractivity (Wildman–Crippen MR) is 90.4 cm³/mol. The smallest absolute Gasteiger partial charge is 0.257 e. The maximum Gasteiger partial charge on any atom is 0.257 e. The number of aromatic nitrogens is 1. The van der Waals surface area contributed by atoms with E-state index in [9.17, 15) is 4.79 Å². The molecular weight excluding hydrogens is 311 g/mol. The van der Waals surface area contributed by atoms with Gasteiger partial charge in [0.2, 0.25) is 0 Å². The number of carbonyl (C=O) groups is 1. The van der Waals surface area contributed by atoms with Crippen molar-refractivity contribution >= 4 is 36.4 Å². The number of nitrogens with zero attached hydrogens (tertiary/aromatic N) is 3. The second-order valence-electron chi connectivity index (χ2n) is 5.07. The summed E-state index contributed by atoms with van der Waals surface area (Å²) in [7, 11) is 1.83. The van der Waals surface area contributed by atoms with Gasteiger partial charge in [0.25, 0.3) is 5.91 Å². The normalized spacial score (nSPS) is 17.7. The molecule has 0 aromatic carbocycles. The van der Waals surface area contributed by atoms with Gasteiger partial charge in [-0.1, -0.05) is 6.92 Å². The Kier molecular flexibility index (Phi) is 8.63. The molecule has 1 aliphatic heterocycles. The quantitative estimate of drug-likeness (QED) is 0.915. The zero-order valence-electron chi connectivity index (χ0n) is 12.5. The lowest BCUT2D eigenvalue weighted by molar-refractivity contribution is 0.0755. The SMILES string of the molecule is CCN1CCCC1CN(C)C(=O)c1cnccc1N.Cl.Cl. The van der Waals surface area contributed by atoms with Crippen LogP contribution in [0.1, 0.15) is 30.1 Å². The van der Waals surface area contributed by atoms with E-state index in [1.807, 2.05) is 7.05 Å². The van der Waals surface area contributed by atoms with Gasteiger partial charge in [0, 0.05) is 37.7 Å². The highest BCUT2D eigenvalue weighted by Crippen LogP contribution is 2.19. The molecule has 7 heteroatoms. The summed E-state index contributed by atoms with van der Waals surface area (Å²) in [6.45, 7) is 5.10. The first-order valence-electron chi connectivity index (χ1n) is 6.82.